The van der Waals surface area contributed by atoms with Crippen molar-refractivity contribution in [2.45, 2.75) is 6.92 Å². The van der Waals surface area contributed by atoms with Crippen molar-refractivity contribution in [1.29, 1.82) is 0 Å². The van der Waals surface area contributed by atoms with Gasteiger partial charge >= 0.3 is 37.7 Å². The normalized spacial score (nSPS) is 8.60. The Morgan fingerprint density at radius 2 is 1.13 bits per heavy atom. The molecule has 0 aliphatic heterocycles. The summed E-state index contributed by atoms with van der Waals surface area (Å²) in [5.41, 5.74) is 3.87. The summed E-state index contributed by atoms with van der Waals surface area (Å²) in [5, 5.41) is 0. The summed E-state index contributed by atoms with van der Waals surface area (Å²) in [6.07, 6.45) is 0. The van der Waals surface area contributed by atoms with Crippen LogP contribution in [0.15, 0.2) is 54.6 Å². The number of rotatable bonds is 1. The van der Waals surface area contributed by atoms with Crippen molar-refractivity contribution < 1.29 is 40.6 Å². The minimum absolute atomic E-state index is 0. The first-order chi connectivity index (χ1) is 6.36. The minimum Gasteiger partial charge on any atom is -1.00 e. The van der Waals surface area contributed by atoms with Crippen LogP contribution in [-0.2, 0) is 0 Å². The Bertz CT molecular complexity index is 388. The SMILES string of the molecule is Cc1ccc(-c2ccccc2)cc1.[H-].[H-].[Li+].[Li+]. The van der Waals surface area contributed by atoms with Gasteiger partial charge in [-0.05, 0) is 18.1 Å². The largest absolute Gasteiger partial charge is 1.00 e. The maximum absolute atomic E-state index is 2.16. The fourth-order valence-corrected chi connectivity index (χ4v) is 1.38. The zero-order chi connectivity index (χ0) is 9.10. The van der Waals surface area contributed by atoms with E-state index in [1.54, 1.807) is 0 Å². The van der Waals surface area contributed by atoms with E-state index < -0.39 is 0 Å². The van der Waals surface area contributed by atoms with E-state index in [1.165, 1.54) is 16.7 Å². The molecule has 0 aromatic heterocycles. The maximum Gasteiger partial charge on any atom is 1.00 e. The third kappa shape index (κ3) is 3.94. The molecule has 2 heteroatoms. The number of benzene rings is 2. The molecule has 15 heavy (non-hydrogen) atoms. The van der Waals surface area contributed by atoms with E-state index in [-0.39, 0.29) is 40.6 Å². The molecular weight excluding hydrogens is 170 g/mol. The molecule has 2 aromatic carbocycles. The van der Waals surface area contributed by atoms with Crippen LogP contribution in [0.25, 0.3) is 11.1 Å². The summed E-state index contributed by atoms with van der Waals surface area (Å²) in [6.45, 7) is 2.11. The molecular formula is C13H14Li2. The molecule has 0 nitrogen and oxygen atoms in total. The standard InChI is InChI=1S/C13H12.2Li.2H/c1-11-7-9-13(10-8-11)12-5-3-2-4-6-12;;;;/h2-10H,1H3;;;;/q;2*+1;2*-1. The van der Waals surface area contributed by atoms with E-state index in [2.05, 4.69) is 55.5 Å². The summed E-state index contributed by atoms with van der Waals surface area (Å²) in [5.74, 6) is 0. The molecule has 0 atom stereocenters. The average molecular weight is 184 g/mol. The van der Waals surface area contributed by atoms with Gasteiger partial charge in [-0.15, -0.1) is 0 Å². The van der Waals surface area contributed by atoms with Gasteiger partial charge in [-0.2, -0.15) is 0 Å². The second-order valence-electron chi connectivity index (χ2n) is 3.23. The molecule has 0 heterocycles. The fourth-order valence-electron chi connectivity index (χ4n) is 1.38. The summed E-state index contributed by atoms with van der Waals surface area (Å²) >= 11 is 0. The first kappa shape index (κ1) is 14.6. The van der Waals surface area contributed by atoms with Gasteiger partial charge in [-0.1, -0.05) is 60.2 Å². The zero-order valence-corrected chi connectivity index (χ0v) is 9.70. The Balaban J connectivity index is -0.000000490. The number of hydrogen-bond donors (Lipinski definition) is 0. The van der Waals surface area contributed by atoms with Crippen LogP contribution >= 0.6 is 0 Å². The first-order valence-corrected chi connectivity index (χ1v) is 4.48. The molecule has 0 aliphatic carbocycles. The van der Waals surface area contributed by atoms with Crippen molar-refractivity contribution in [2.75, 3.05) is 0 Å². The summed E-state index contributed by atoms with van der Waals surface area (Å²) in [7, 11) is 0. The van der Waals surface area contributed by atoms with E-state index in [1.807, 2.05) is 6.07 Å². The summed E-state index contributed by atoms with van der Waals surface area (Å²) in [4.78, 5) is 0. The Morgan fingerprint density at radius 3 is 1.67 bits per heavy atom. The van der Waals surface area contributed by atoms with E-state index >= 15 is 0 Å². The number of hydrogen-bond acceptors (Lipinski definition) is 0. The smallest absolute Gasteiger partial charge is 1.00 e. The predicted molar refractivity (Wildman–Crippen MR) is 58.8 cm³/mol. The molecule has 0 unspecified atom stereocenters. The molecule has 0 bridgehead atoms. The van der Waals surface area contributed by atoms with Gasteiger partial charge < -0.3 is 2.85 Å². The van der Waals surface area contributed by atoms with E-state index in [0.29, 0.717) is 0 Å². The second-order valence-corrected chi connectivity index (χ2v) is 3.23. The molecule has 2 rings (SSSR count). The van der Waals surface area contributed by atoms with Gasteiger partial charge in [0.05, 0.1) is 0 Å². The van der Waals surface area contributed by atoms with Gasteiger partial charge in [-0.25, -0.2) is 0 Å². The van der Waals surface area contributed by atoms with Gasteiger partial charge in [0.25, 0.3) is 0 Å². The summed E-state index contributed by atoms with van der Waals surface area (Å²) < 4.78 is 0. The van der Waals surface area contributed by atoms with Crippen LogP contribution in [0, 0.1) is 6.92 Å². The molecule has 0 saturated carbocycles. The maximum atomic E-state index is 2.16. The average Bonchev–Trinajstić information content (AvgIpc) is 2.20. The fraction of sp³-hybridized carbons (Fsp3) is 0.0769. The Labute approximate surface area is 118 Å². The van der Waals surface area contributed by atoms with Gasteiger partial charge in [0.2, 0.25) is 0 Å². The van der Waals surface area contributed by atoms with Gasteiger partial charge in [-0.3, -0.25) is 0 Å². The van der Waals surface area contributed by atoms with Crippen LogP contribution in [0.1, 0.15) is 8.42 Å². The molecule has 0 N–H and O–H groups in total. The van der Waals surface area contributed by atoms with Crippen molar-refractivity contribution in [3.05, 3.63) is 60.2 Å². The quantitative estimate of drug-likeness (QED) is 0.445. The molecule has 0 radical (unpaired) electrons. The monoisotopic (exact) mass is 184 g/mol. The van der Waals surface area contributed by atoms with Crippen LogP contribution in [0.2, 0.25) is 0 Å². The molecule has 0 aliphatic rings. The van der Waals surface area contributed by atoms with Crippen LogP contribution in [0.4, 0.5) is 0 Å². The van der Waals surface area contributed by atoms with Crippen LogP contribution < -0.4 is 37.7 Å². The van der Waals surface area contributed by atoms with Crippen molar-refractivity contribution in [2.24, 2.45) is 0 Å². The minimum atomic E-state index is 0. The van der Waals surface area contributed by atoms with Gasteiger partial charge in [0.15, 0.2) is 0 Å². The van der Waals surface area contributed by atoms with Crippen molar-refractivity contribution in [1.82, 2.24) is 0 Å². The van der Waals surface area contributed by atoms with Crippen molar-refractivity contribution in [3.63, 3.8) is 0 Å². The molecule has 0 amide bonds. The third-order valence-corrected chi connectivity index (χ3v) is 2.16. The Morgan fingerprint density at radius 1 is 0.667 bits per heavy atom. The summed E-state index contributed by atoms with van der Waals surface area (Å²) in [6, 6.07) is 19.0. The van der Waals surface area contributed by atoms with Crippen molar-refractivity contribution in [3.8, 4) is 11.1 Å². The van der Waals surface area contributed by atoms with E-state index in [0.717, 1.165) is 0 Å². The van der Waals surface area contributed by atoms with Gasteiger partial charge in [0.1, 0.15) is 0 Å². The first-order valence-electron chi connectivity index (χ1n) is 4.48. The predicted octanol–water partition coefficient (Wildman–Crippen LogP) is -2.10. The molecule has 0 fully saturated rings. The van der Waals surface area contributed by atoms with E-state index in [9.17, 15) is 0 Å². The van der Waals surface area contributed by atoms with Crippen LogP contribution in [0.3, 0.4) is 0 Å². The molecule has 0 spiro atoms. The zero-order valence-electron chi connectivity index (χ0n) is 11.7. The topological polar surface area (TPSA) is 0 Å². The Hall–Kier alpha value is -0.365. The third-order valence-electron chi connectivity index (χ3n) is 2.16. The van der Waals surface area contributed by atoms with Crippen LogP contribution in [-0.4, -0.2) is 0 Å². The molecule has 0 saturated heterocycles. The second kappa shape index (κ2) is 7.00. The number of aryl methyl sites for hydroxylation is 1. The molecule has 68 valence electrons. The van der Waals surface area contributed by atoms with Gasteiger partial charge in [0, 0.05) is 0 Å². The van der Waals surface area contributed by atoms with E-state index in [4.69, 9.17) is 0 Å². The van der Waals surface area contributed by atoms with Crippen molar-refractivity contribution >= 4 is 0 Å². The van der Waals surface area contributed by atoms with Crippen LogP contribution in [0.5, 0.6) is 0 Å². The Kier molecular flexibility index (Phi) is 6.83. The molecule has 2 aromatic rings.